The maximum absolute atomic E-state index is 4.40. The number of benzene rings is 1. The van der Waals surface area contributed by atoms with Crippen molar-refractivity contribution in [2.24, 2.45) is 0 Å². The van der Waals surface area contributed by atoms with E-state index in [4.69, 9.17) is 0 Å². The number of halogens is 2. The zero-order valence-corrected chi connectivity index (χ0v) is 14.5. The summed E-state index contributed by atoms with van der Waals surface area (Å²) in [6.07, 6.45) is 4.92. The molecule has 108 valence electrons. The Bertz CT molecular complexity index is 752. The Labute approximate surface area is 140 Å². The van der Waals surface area contributed by atoms with Gasteiger partial charge in [-0.15, -0.1) is 0 Å². The van der Waals surface area contributed by atoms with Crippen molar-refractivity contribution >= 4 is 42.8 Å². The Balaban J connectivity index is 1.57. The van der Waals surface area contributed by atoms with Gasteiger partial charge in [0.25, 0.3) is 0 Å². The first-order valence-corrected chi connectivity index (χ1v) is 8.38. The molecule has 0 saturated carbocycles. The van der Waals surface area contributed by atoms with Crippen molar-refractivity contribution in [3.05, 3.63) is 62.9 Å². The molecule has 2 N–H and O–H groups in total. The molecular formula is C16H15Br2N3. The molecule has 0 radical (unpaired) electrons. The molecule has 21 heavy (non-hydrogen) atoms. The second-order valence-electron chi connectivity index (χ2n) is 4.87. The largest absolute Gasteiger partial charge is 0.361 e. The first-order valence-electron chi connectivity index (χ1n) is 6.79. The van der Waals surface area contributed by atoms with Gasteiger partial charge in [0.15, 0.2) is 0 Å². The molecule has 0 aliphatic heterocycles. The Kier molecular flexibility index (Phi) is 4.73. The van der Waals surface area contributed by atoms with Gasteiger partial charge in [0.05, 0.1) is 5.69 Å². The Morgan fingerprint density at radius 3 is 2.90 bits per heavy atom. The van der Waals surface area contributed by atoms with Crippen molar-refractivity contribution in [2.75, 3.05) is 6.54 Å². The van der Waals surface area contributed by atoms with Gasteiger partial charge in [-0.2, -0.15) is 0 Å². The van der Waals surface area contributed by atoms with E-state index in [1.165, 1.54) is 16.5 Å². The number of H-pyrrole nitrogens is 1. The second-order valence-corrected chi connectivity index (χ2v) is 6.64. The Hall–Kier alpha value is -1.17. The highest BCUT2D eigenvalue weighted by atomic mass is 79.9. The van der Waals surface area contributed by atoms with Gasteiger partial charge in [0.1, 0.15) is 0 Å². The van der Waals surface area contributed by atoms with Gasteiger partial charge in [-0.1, -0.05) is 18.2 Å². The van der Waals surface area contributed by atoms with Gasteiger partial charge in [-0.3, -0.25) is 4.98 Å². The zero-order valence-electron chi connectivity index (χ0n) is 11.4. The number of rotatable bonds is 5. The van der Waals surface area contributed by atoms with Crippen LogP contribution in [0.3, 0.4) is 0 Å². The Morgan fingerprint density at radius 2 is 2.05 bits per heavy atom. The van der Waals surface area contributed by atoms with Crippen LogP contribution in [0.5, 0.6) is 0 Å². The number of hydrogen-bond donors (Lipinski definition) is 2. The van der Waals surface area contributed by atoms with Crippen LogP contribution in [0.1, 0.15) is 11.3 Å². The van der Waals surface area contributed by atoms with E-state index in [0.29, 0.717) is 0 Å². The van der Waals surface area contributed by atoms with Crippen LogP contribution in [0.15, 0.2) is 51.7 Å². The van der Waals surface area contributed by atoms with E-state index in [0.717, 1.165) is 34.1 Å². The average molecular weight is 409 g/mol. The van der Waals surface area contributed by atoms with Crippen LogP contribution >= 0.6 is 31.9 Å². The molecule has 3 rings (SSSR count). The van der Waals surface area contributed by atoms with Crippen LogP contribution in [-0.4, -0.2) is 16.5 Å². The lowest BCUT2D eigenvalue weighted by molar-refractivity contribution is 0.674. The number of aromatic amines is 1. The minimum atomic E-state index is 0.760. The molecule has 0 aliphatic rings. The molecule has 1 aromatic carbocycles. The third-order valence-corrected chi connectivity index (χ3v) is 4.54. The van der Waals surface area contributed by atoms with Crippen LogP contribution in [0.25, 0.3) is 10.9 Å². The average Bonchev–Trinajstić information content (AvgIpc) is 2.89. The van der Waals surface area contributed by atoms with E-state index in [-0.39, 0.29) is 0 Å². The quantitative estimate of drug-likeness (QED) is 0.613. The summed E-state index contributed by atoms with van der Waals surface area (Å²) in [6.45, 7) is 1.68. The van der Waals surface area contributed by atoms with E-state index in [9.17, 15) is 0 Å². The number of para-hydroxylation sites is 1. The highest BCUT2D eigenvalue weighted by Crippen LogP contribution is 2.20. The summed E-state index contributed by atoms with van der Waals surface area (Å²) in [5.74, 6) is 0. The lowest BCUT2D eigenvalue weighted by Gasteiger charge is -2.06. The van der Waals surface area contributed by atoms with Crippen molar-refractivity contribution in [3.63, 3.8) is 0 Å². The van der Waals surface area contributed by atoms with Gasteiger partial charge in [0.2, 0.25) is 0 Å². The maximum atomic E-state index is 4.40. The van der Waals surface area contributed by atoms with E-state index in [1.54, 1.807) is 0 Å². The molecule has 0 fully saturated rings. The number of pyridine rings is 1. The smallest absolute Gasteiger partial charge is 0.0684 e. The summed E-state index contributed by atoms with van der Waals surface area (Å²) >= 11 is 6.94. The number of nitrogens with one attached hydrogen (secondary N) is 2. The van der Waals surface area contributed by atoms with Gasteiger partial charge < -0.3 is 10.3 Å². The van der Waals surface area contributed by atoms with Gasteiger partial charge in [-0.05, 0) is 62.5 Å². The van der Waals surface area contributed by atoms with Gasteiger partial charge >= 0.3 is 0 Å². The molecule has 3 aromatic rings. The number of aromatic nitrogens is 2. The summed E-state index contributed by atoms with van der Waals surface area (Å²) in [6, 6.07) is 10.4. The lowest BCUT2D eigenvalue weighted by Crippen LogP contribution is -2.17. The molecule has 0 spiro atoms. The van der Waals surface area contributed by atoms with Crippen molar-refractivity contribution in [2.45, 2.75) is 13.0 Å². The maximum Gasteiger partial charge on any atom is 0.0684 e. The van der Waals surface area contributed by atoms with Crippen molar-refractivity contribution in [1.29, 1.82) is 0 Å². The van der Waals surface area contributed by atoms with Crippen LogP contribution in [0, 0.1) is 0 Å². The molecular weight excluding hydrogens is 394 g/mol. The van der Waals surface area contributed by atoms with Crippen LogP contribution in [0.2, 0.25) is 0 Å². The molecule has 0 saturated heterocycles. The Morgan fingerprint density at radius 1 is 1.19 bits per heavy atom. The van der Waals surface area contributed by atoms with Crippen molar-refractivity contribution in [1.82, 2.24) is 15.3 Å². The van der Waals surface area contributed by atoms with Crippen LogP contribution in [-0.2, 0) is 13.0 Å². The normalized spacial score (nSPS) is 11.1. The van der Waals surface area contributed by atoms with E-state index in [2.05, 4.69) is 77.6 Å². The predicted molar refractivity (Wildman–Crippen MR) is 93.3 cm³/mol. The summed E-state index contributed by atoms with van der Waals surface area (Å²) in [5, 5.41) is 4.75. The fourth-order valence-corrected chi connectivity index (χ4v) is 3.47. The molecule has 2 aromatic heterocycles. The molecule has 2 heterocycles. The van der Waals surface area contributed by atoms with Gasteiger partial charge in [-0.25, -0.2) is 0 Å². The third-order valence-electron chi connectivity index (χ3n) is 3.42. The predicted octanol–water partition coefficient (Wildman–Crippen LogP) is 4.42. The molecule has 3 nitrogen and oxygen atoms in total. The van der Waals surface area contributed by atoms with Crippen molar-refractivity contribution < 1.29 is 0 Å². The third kappa shape index (κ3) is 3.54. The van der Waals surface area contributed by atoms with Crippen molar-refractivity contribution in [3.8, 4) is 0 Å². The molecule has 0 aliphatic carbocycles. The van der Waals surface area contributed by atoms with Gasteiger partial charge in [0, 0.05) is 38.8 Å². The topological polar surface area (TPSA) is 40.7 Å². The minimum Gasteiger partial charge on any atom is -0.361 e. The molecule has 0 atom stereocenters. The molecule has 0 amide bonds. The standard InChI is InChI=1S/C16H15Br2N3/c17-12-7-14(18)16(21-9-12)10-19-6-5-11-8-20-15-4-2-1-3-13(11)15/h1-4,7-9,19-20H,5-6,10H2. The molecule has 5 heteroatoms. The number of fused-ring (bicyclic) bond motifs is 1. The fourth-order valence-electron chi connectivity index (χ4n) is 2.34. The lowest BCUT2D eigenvalue weighted by atomic mass is 10.1. The van der Waals surface area contributed by atoms with E-state index >= 15 is 0 Å². The van der Waals surface area contributed by atoms with Crippen LogP contribution < -0.4 is 5.32 Å². The summed E-state index contributed by atoms with van der Waals surface area (Å²) in [7, 11) is 0. The highest BCUT2D eigenvalue weighted by Gasteiger charge is 2.04. The zero-order chi connectivity index (χ0) is 14.7. The van der Waals surface area contributed by atoms with Crippen LogP contribution in [0.4, 0.5) is 0 Å². The minimum absolute atomic E-state index is 0.760. The second kappa shape index (κ2) is 6.73. The number of hydrogen-bond acceptors (Lipinski definition) is 2. The molecule has 0 bridgehead atoms. The number of nitrogens with zero attached hydrogens (tertiary/aromatic N) is 1. The first-order chi connectivity index (χ1) is 10.2. The van der Waals surface area contributed by atoms with E-state index < -0.39 is 0 Å². The van der Waals surface area contributed by atoms with E-state index in [1.807, 2.05) is 12.3 Å². The summed E-state index contributed by atoms with van der Waals surface area (Å²) in [4.78, 5) is 7.71. The highest BCUT2D eigenvalue weighted by molar-refractivity contribution is 9.11. The monoisotopic (exact) mass is 407 g/mol. The summed E-state index contributed by atoms with van der Waals surface area (Å²) in [5.41, 5.74) is 3.57. The SMILES string of the molecule is Brc1cnc(CNCCc2c[nH]c3ccccc23)c(Br)c1. The first kappa shape index (κ1) is 14.8. The summed E-state index contributed by atoms with van der Waals surface area (Å²) < 4.78 is 2.01. The fraction of sp³-hybridized carbons (Fsp3) is 0.188. The molecule has 0 unspecified atom stereocenters.